The molecule has 0 saturated heterocycles. The van der Waals surface area contributed by atoms with Gasteiger partial charge in [-0.2, -0.15) is 0 Å². The standard InChI is InChI=1S/C12H26N2/c1-2-3-4-5-6-7-8-12(14-13)11-9-10-11/h11-12,14H,2-10,13H2,1H3. The van der Waals surface area contributed by atoms with Crippen LogP contribution in [0.5, 0.6) is 0 Å². The van der Waals surface area contributed by atoms with Gasteiger partial charge in [0, 0.05) is 6.04 Å². The quantitative estimate of drug-likeness (QED) is 0.339. The maximum absolute atomic E-state index is 5.53. The number of hydrogen-bond acceptors (Lipinski definition) is 2. The van der Waals surface area contributed by atoms with Crippen LogP contribution < -0.4 is 11.3 Å². The second kappa shape index (κ2) is 7.24. The molecule has 0 radical (unpaired) electrons. The van der Waals surface area contributed by atoms with Gasteiger partial charge in [-0.15, -0.1) is 0 Å². The predicted molar refractivity (Wildman–Crippen MR) is 61.8 cm³/mol. The number of nitrogens with two attached hydrogens (primary N) is 1. The molecule has 1 unspecified atom stereocenters. The number of hydrazine groups is 1. The van der Waals surface area contributed by atoms with Crippen molar-refractivity contribution in [3.63, 3.8) is 0 Å². The van der Waals surface area contributed by atoms with Crippen LogP contribution in [0.15, 0.2) is 0 Å². The Balaban J connectivity index is 1.86. The number of rotatable bonds is 9. The Bertz CT molecular complexity index is 132. The van der Waals surface area contributed by atoms with E-state index in [0.717, 1.165) is 5.92 Å². The fraction of sp³-hybridized carbons (Fsp3) is 1.00. The van der Waals surface area contributed by atoms with E-state index in [1.165, 1.54) is 57.8 Å². The first-order valence-corrected chi connectivity index (χ1v) is 6.34. The number of nitrogens with one attached hydrogen (secondary N) is 1. The minimum Gasteiger partial charge on any atom is -0.271 e. The zero-order chi connectivity index (χ0) is 10.2. The molecule has 1 aliphatic rings. The second-order valence-corrected chi connectivity index (χ2v) is 4.67. The molecule has 1 atom stereocenters. The van der Waals surface area contributed by atoms with Crippen molar-refractivity contribution >= 4 is 0 Å². The van der Waals surface area contributed by atoms with Crippen molar-refractivity contribution < 1.29 is 0 Å². The molecule has 84 valence electrons. The van der Waals surface area contributed by atoms with Crippen molar-refractivity contribution in [1.82, 2.24) is 5.43 Å². The van der Waals surface area contributed by atoms with E-state index in [0.29, 0.717) is 6.04 Å². The highest BCUT2D eigenvalue weighted by Gasteiger charge is 2.29. The average molecular weight is 198 g/mol. The maximum atomic E-state index is 5.53. The van der Waals surface area contributed by atoms with Crippen molar-refractivity contribution in [2.24, 2.45) is 11.8 Å². The molecule has 1 aliphatic carbocycles. The molecular formula is C12H26N2. The summed E-state index contributed by atoms with van der Waals surface area (Å²) in [5.74, 6) is 6.42. The minimum atomic E-state index is 0.612. The summed E-state index contributed by atoms with van der Waals surface area (Å²) >= 11 is 0. The van der Waals surface area contributed by atoms with E-state index in [4.69, 9.17) is 5.84 Å². The summed E-state index contributed by atoms with van der Waals surface area (Å²) in [6.07, 6.45) is 12.4. The van der Waals surface area contributed by atoms with E-state index in [9.17, 15) is 0 Å². The van der Waals surface area contributed by atoms with Gasteiger partial charge in [0.25, 0.3) is 0 Å². The summed E-state index contributed by atoms with van der Waals surface area (Å²) in [6.45, 7) is 2.27. The van der Waals surface area contributed by atoms with Gasteiger partial charge in [-0.1, -0.05) is 45.4 Å². The van der Waals surface area contributed by atoms with Crippen LogP contribution in [0.1, 0.15) is 64.7 Å². The van der Waals surface area contributed by atoms with Gasteiger partial charge in [0.15, 0.2) is 0 Å². The van der Waals surface area contributed by atoms with Gasteiger partial charge in [-0.25, -0.2) is 0 Å². The molecule has 2 heteroatoms. The van der Waals surface area contributed by atoms with Crippen molar-refractivity contribution in [3.05, 3.63) is 0 Å². The zero-order valence-corrected chi connectivity index (χ0v) is 9.60. The number of unbranched alkanes of at least 4 members (excludes halogenated alkanes) is 5. The molecule has 0 heterocycles. The highest BCUT2D eigenvalue weighted by Crippen LogP contribution is 2.34. The highest BCUT2D eigenvalue weighted by molar-refractivity contribution is 4.84. The van der Waals surface area contributed by atoms with Crippen LogP contribution in [0.4, 0.5) is 0 Å². The third-order valence-electron chi connectivity index (χ3n) is 3.27. The smallest absolute Gasteiger partial charge is 0.0238 e. The van der Waals surface area contributed by atoms with E-state index in [-0.39, 0.29) is 0 Å². The molecule has 0 amide bonds. The molecule has 1 saturated carbocycles. The first-order chi connectivity index (χ1) is 6.88. The van der Waals surface area contributed by atoms with Gasteiger partial charge in [0.1, 0.15) is 0 Å². The SMILES string of the molecule is CCCCCCCCC(NN)C1CC1. The van der Waals surface area contributed by atoms with Gasteiger partial charge < -0.3 is 0 Å². The second-order valence-electron chi connectivity index (χ2n) is 4.67. The van der Waals surface area contributed by atoms with Crippen molar-refractivity contribution in [2.75, 3.05) is 0 Å². The molecule has 0 aromatic heterocycles. The van der Waals surface area contributed by atoms with Crippen LogP contribution in [0.3, 0.4) is 0 Å². The third-order valence-corrected chi connectivity index (χ3v) is 3.27. The van der Waals surface area contributed by atoms with E-state index in [1.807, 2.05) is 0 Å². The van der Waals surface area contributed by atoms with E-state index < -0.39 is 0 Å². The van der Waals surface area contributed by atoms with Crippen LogP contribution in [-0.2, 0) is 0 Å². The Kier molecular flexibility index (Phi) is 6.20. The number of hydrogen-bond donors (Lipinski definition) is 2. The molecule has 0 bridgehead atoms. The highest BCUT2D eigenvalue weighted by atomic mass is 15.2. The fourth-order valence-corrected chi connectivity index (χ4v) is 2.10. The lowest BCUT2D eigenvalue weighted by molar-refractivity contribution is 0.422. The monoisotopic (exact) mass is 198 g/mol. The molecule has 0 aromatic rings. The topological polar surface area (TPSA) is 38.0 Å². The molecule has 0 aliphatic heterocycles. The third kappa shape index (κ3) is 4.97. The van der Waals surface area contributed by atoms with Crippen LogP contribution in [0.25, 0.3) is 0 Å². The average Bonchev–Trinajstić information content (AvgIpc) is 3.01. The lowest BCUT2D eigenvalue weighted by Crippen LogP contribution is -2.36. The summed E-state index contributed by atoms with van der Waals surface area (Å²) in [5, 5.41) is 0. The summed E-state index contributed by atoms with van der Waals surface area (Å²) in [4.78, 5) is 0. The molecule has 0 spiro atoms. The molecule has 2 nitrogen and oxygen atoms in total. The Labute approximate surface area is 88.6 Å². The summed E-state index contributed by atoms with van der Waals surface area (Å²) in [6, 6.07) is 0.612. The van der Waals surface area contributed by atoms with Crippen molar-refractivity contribution in [1.29, 1.82) is 0 Å². The lowest BCUT2D eigenvalue weighted by atomic mass is 10.0. The van der Waals surface area contributed by atoms with Crippen molar-refractivity contribution in [2.45, 2.75) is 70.8 Å². The maximum Gasteiger partial charge on any atom is 0.0238 e. The summed E-state index contributed by atoms with van der Waals surface area (Å²) < 4.78 is 0. The van der Waals surface area contributed by atoms with Crippen LogP contribution in [0, 0.1) is 5.92 Å². The van der Waals surface area contributed by atoms with E-state index >= 15 is 0 Å². The van der Waals surface area contributed by atoms with Gasteiger partial charge in [0.05, 0.1) is 0 Å². The Morgan fingerprint density at radius 1 is 1.14 bits per heavy atom. The zero-order valence-electron chi connectivity index (χ0n) is 9.60. The molecule has 1 rings (SSSR count). The van der Waals surface area contributed by atoms with Gasteiger partial charge in [0.2, 0.25) is 0 Å². The van der Waals surface area contributed by atoms with Crippen LogP contribution in [0.2, 0.25) is 0 Å². The summed E-state index contributed by atoms with van der Waals surface area (Å²) in [5.41, 5.74) is 2.97. The Morgan fingerprint density at radius 3 is 2.36 bits per heavy atom. The minimum absolute atomic E-state index is 0.612. The van der Waals surface area contributed by atoms with Gasteiger partial charge in [-0.3, -0.25) is 11.3 Å². The van der Waals surface area contributed by atoms with E-state index in [1.54, 1.807) is 0 Å². The molecule has 14 heavy (non-hydrogen) atoms. The largest absolute Gasteiger partial charge is 0.271 e. The molecular weight excluding hydrogens is 172 g/mol. The predicted octanol–water partition coefficient (Wildman–Crippen LogP) is 2.98. The Morgan fingerprint density at radius 2 is 1.79 bits per heavy atom. The molecule has 3 N–H and O–H groups in total. The van der Waals surface area contributed by atoms with E-state index in [2.05, 4.69) is 12.3 Å². The lowest BCUT2D eigenvalue weighted by Gasteiger charge is -2.14. The fourth-order valence-electron chi connectivity index (χ4n) is 2.10. The Hall–Kier alpha value is -0.0800. The van der Waals surface area contributed by atoms with Crippen LogP contribution in [-0.4, -0.2) is 6.04 Å². The molecule has 1 fully saturated rings. The van der Waals surface area contributed by atoms with Gasteiger partial charge >= 0.3 is 0 Å². The normalized spacial score (nSPS) is 18.4. The first kappa shape index (κ1) is 12.0. The molecule has 0 aromatic carbocycles. The van der Waals surface area contributed by atoms with Gasteiger partial charge in [-0.05, 0) is 25.2 Å². The first-order valence-electron chi connectivity index (χ1n) is 6.34. The van der Waals surface area contributed by atoms with Crippen molar-refractivity contribution in [3.8, 4) is 0 Å². The summed E-state index contributed by atoms with van der Waals surface area (Å²) in [7, 11) is 0. The van der Waals surface area contributed by atoms with Crippen LogP contribution >= 0.6 is 0 Å².